The zero-order chi connectivity index (χ0) is 16.2. The number of carbonyl (C=O) groups is 2. The zero-order valence-electron chi connectivity index (χ0n) is 12.5. The van der Waals surface area contributed by atoms with Gasteiger partial charge < -0.3 is 10.2 Å². The molecule has 0 unspecified atom stereocenters. The van der Waals surface area contributed by atoms with Crippen LogP contribution >= 0.6 is 0 Å². The molecule has 114 valence electrons. The molecule has 1 heterocycles. The maximum Gasteiger partial charge on any atom is 0.255 e. The van der Waals surface area contributed by atoms with E-state index in [1.165, 1.54) is 0 Å². The Hall–Kier alpha value is -3.13. The number of para-hydroxylation sites is 2. The van der Waals surface area contributed by atoms with Crippen LogP contribution in [0.4, 0.5) is 11.4 Å². The SMILES string of the molecule is N#Cc1cccc(C(=O)Nc2ccccc2N2CCCC2=O)c1. The highest BCUT2D eigenvalue weighted by molar-refractivity contribution is 6.08. The van der Waals surface area contributed by atoms with Gasteiger partial charge in [-0.15, -0.1) is 0 Å². The molecule has 0 bridgehead atoms. The average molecular weight is 305 g/mol. The van der Waals surface area contributed by atoms with Crippen LogP contribution < -0.4 is 10.2 Å². The third-order valence-electron chi connectivity index (χ3n) is 3.77. The van der Waals surface area contributed by atoms with Crippen molar-refractivity contribution >= 4 is 23.2 Å². The Morgan fingerprint density at radius 3 is 2.74 bits per heavy atom. The topological polar surface area (TPSA) is 73.2 Å². The Morgan fingerprint density at radius 2 is 2.00 bits per heavy atom. The van der Waals surface area contributed by atoms with Gasteiger partial charge in [0.05, 0.1) is 23.0 Å². The number of hydrogen-bond acceptors (Lipinski definition) is 3. The van der Waals surface area contributed by atoms with Gasteiger partial charge in [-0.3, -0.25) is 9.59 Å². The summed E-state index contributed by atoms with van der Waals surface area (Å²) in [6, 6.07) is 15.8. The highest BCUT2D eigenvalue weighted by Gasteiger charge is 2.24. The first-order valence-corrected chi connectivity index (χ1v) is 7.40. The van der Waals surface area contributed by atoms with Crippen molar-refractivity contribution in [2.45, 2.75) is 12.8 Å². The summed E-state index contributed by atoms with van der Waals surface area (Å²) in [5.41, 5.74) is 2.14. The van der Waals surface area contributed by atoms with Crippen LogP contribution in [0.1, 0.15) is 28.8 Å². The van der Waals surface area contributed by atoms with E-state index in [9.17, 15) is 9.59 Å². The fraction of sp³-hybridized carbons (Fsp3) is 0.167. The van der Waals surface area contributed by atoms with Gasteiger partial charge in [-0.05, 0) is 36.8 Å². The van der Waals surface area contributed by atoms with Crippen molar-refractivity contribution in [3.05, 3.63) is 59.7 Å². The molecule has 0 radical (unpaired) electrons. The second-order valence-electron chi connectivity index (χ2n) is 5.31. The molecule has 0 saturated carbocycles. The van der Waals surface area contributed by atoms with Crippen LogP contribution in [0.25, 0.3) is 0 Å². The van der Waals surface area contributed by atoms with Gasteiger partial charge in [0.2, 0.25) is 5.91 Å². The molecular formula is C18H15N3O2. The summed E-state index contributed by atoms with van der Waals surface area (Å²) < 4.78 is 0. The van der Waals surface area contributed by atoms with Crippen molar-refractivity contribution in [1.82, 2.24) is 0 Å². The van der Waals surface area contributed by atoms with Crippen molar-refractivity contribution in [3.63, 3.8) is 0 Å². The van der Waals surface area contributed by atoms with E-state index in [0.29, 0.717) is 35.5 Å². The number of nitrogens with zero attached hydrogens (tertiary/aromatic N) is 2. The zero-order valence-corrected chi connectivity index (χ0v) is 12.5. The van der Waals surface area contributed by atoms with Crippen molar-refractivity contribution in [2.24, 2.45) is 0 Å². The molecule has 0 aliphatic carbocycles. The van der Waals surface area contributed by atoms with Gasteiger partial charge in [-0.2, -0.15) is 5.26 Å². The van der Waals surface area contributed by atoms with E-state index in [4.69, 9.17) is 5.26 Å². The Balaban J connectivity index is 1.87. The fourth-order valence-corrected chi connectivity index (χ4v) is 2.64. The lowest BCUT2D eigenvalue weighted by Crippen LogP contribution is -2.25. The van der Waals surface area contributed by atoms with Gasteiger partial charge in [-0.1, -0.05) is 18.2 Å². The minimum Gasteiger partial charge on any atom is -0.320 e. The molecule has 3 rings (SSSR count). The van der Waals surface area contributed by atoms with Crippen LogP contribution in [0, 0.1) is 11.3 Å². The summed E-state index contributed by atoms with van der Waals surface area (Å²) in [4.78, 5) is 26.0. The molecule has 1 fully saturated rings. The molecule has 0 spiro atoms. The van der Waals surface area contributed by atoms with Gasteiger partial charge in [0, 0.05) is 18.5 Å². The molecule has 0 aromatic heterocycles. The predicted molar refractivity (Wildman–Crippen MR) is 87.1 cm³/mol. The molecule has 5 heteroatoms. The molecule has 23 heavy (non-hydrogen) atoms. The Labute approximate surface area is 134 Å². The van der Waals surface area contributed by atoms with E-state index in [2.05, 4.69) is 5.32 Å². The lowest BCUT2D eigenvalue weighted by Gasteiger charge is -2.20. The summed E-state index contributed by atoms with van der Waals surface area (Å²) in [5.74, 6) is -0.237. The molecule has 2 aromatic rings. The van der Waals surface area contributed by atoms with Gasteiger partial charge in [-0.25, -0.2) is 0 Å². The molecule has 0 atom stereocenters. The lowest BCUT2D eigenvalue weighted by atomic mass is 10.1. The Kier molecular flexibility index (Phi) is 4.07. The van der Waals surface area contributed by atoms with Crippen LogP contribution in [-0.4, -0.2) is 18.4 Å². The second-order valence-corrected chi connectivity index (χ2v) is 5.31. The first-order chi connectivity index (χ1) is 11.2. The summed E-state index contributed by atoms with van der Waals surface area (Å²) in [6.45, 7) is 0.662. The van der Waals surface area contributed by atoms with E-state index in [1.54, 1.807) is 35.2 Å². The van der Waals surface area contributed by atoms with E-state index >= 15 is 0 Å². The summed E-state index contributed by atoms with van der Waals surface area (Å²) in [7, 11) is 0. The monoisotopic (exact) mass is 305 g/mol. The number of nitriles is 1. The standard InChI is InChI=1S/C18H15N3O2/c19-12-13-5-3-6-14(11-13)18(23)20-15-7-1-2-8-16(15)21-10-4-9-17(21)22/h1-3,5-8,11H,4,9-10H2,(H,20,23). The van der Waals surface area contributed by atoms with Crippen LogP contribution in [-0.2, 0) is 4.79 Å². The average Bonchev–Trinajstić information content (AvgIpc) is 3.01. The second kappa shape index (κ2) is 6.32. The number of nitrogens with one attached hydrogen (secondary N) is 1. The van der Waals surface area contributed by atoms with E-state index in [1.807, 2.05) is 24.3 Å². The molecular weight excluding hydrogens is 290 g/mol. The molecule has 1 aliphatic heterocycles. The quantitative estimate of drug-likeness (QED) is 0.947. The van der Waals surface area contributed by atoms with E-state index in [0.717, 1.165) is 6.42 Å². The summed E-state index contributed by atoms with van der Waals surface area (Å²) in [5, 5.41) is 11.8. The molecule has 1 aliphatic rings. The maximum absolute atomic E-state index is 12.4. The largest absolute Gasteiger partial charge is 0.320 e. The number of hydrogen-bond donors (Lipinski definition) is 1. The first kappa shape index (κ1) is 14.8. The van der Waals surface area contributed by atoms with Gasteiger partial charge in [0.1, 0.15) is 0 Å². The van der Waals surface area contributed by atoms with Crippen LogP contribution in [0.2, 0.25) is 0 Å². The minimum absolute atomic E-state index is 0.0678. The van der Waals surface area contributed by atoms with Crippen molar-refractivity contribution in [1.29, 1.82) is 5.26 Å². The van der Waals surface area contributed by atoms with E-state index < -0.39 is 0 Å². The van der Waals surface area contributed by atoms with Crippen molar-refractivity contribution in [2.75, 3.05) is 16.8 Å². The highest BCUT2D eigenvalue weighted by atomic mass is 16.2. The minimum atomic E-state index is -0.304. The fourth-order valence-electron chi connectivity index (χ4n) is 2.64. The molecule has 2 aromatic carbocycles. The number of benzene rings is 2. The van der Waals surface area contributed by atoms with Crippen LogP contribution in [0.15, 0.2) is 48.5 Å². The number of amides is 2. The molecule has 5 nitrogen and oxygen atoms in total. The Morgan fingerprint density at radius 1 is 1.17 bits per heavy atom. The van der Waals surface area contributed by atoms with Crippen molar-refractivity contribution < 1.29 is 9.59 Å². The Bertz CT molecular complexity index is 808. The number of rotatable bonds is 3. The summed E-state index contributed by atoms with van der Waals surface area (Å²) >= 11 is 0. The maximum atomic E-state index is 12.4. The number of carbonyl (C=O) groups excluding carboxylic acids is 2. The molecule has 2 amide bonds. The van der Waals surface area contributed by atoms with Crippen molar-refractivity contribution in [3.8, 4) is 6.07 Å². The molecule has 1 saturated heterocycles. The van der Waals surface area contributed by atoms with Gasteiger partial charge >= 0.3 is 0 Å². The third-order valence-corrected chi connectivity index (χ3v) is 3.77. The normalized spacial score (nSPS) is 13.7. The lowest BCUT2D eigenvalue weighted by molar-refractivity contribution is -0.117. The number of anilines is 2. The highest BCUT2D eigenvalue weighted by Crippen LogP contribution is 2.29. The van der Waals surface area contributed by atoms with E-state index in [-0.39, 0.29) is 11.8 Å². The van der Waals surface area contributed by atoms with Crippen LogP contribution in [0.3, 0.4) is 0 Å². The smallest absolute Gasteiger partial charge is 0.255 e. The summed E-state index contributed by atoms with van der Waals surface area (Å²) in [6.07, 6.45) is 1.36. The van der Waals surface area contributed by atoms with Crippen LogP contribution in [0.5, 0.6) is 0 Å². The predicted octanol–water partition coefficient (Wildman–Crippen LogP) is 2.94. The van der Waals surface area contributed by atoms with Gasteiger partial charge in [0.15, 0.2) is 0 Å². The molecule has 1 N–H and O–H groups in total. The van der Waals surface area contributed by atoms with Gasteiger partial charge in [0.25, 0.3) is 5.91 Å². The first-order valence-electron chi connectivity index (χ1n) is 7.40. The third kappa shape index (κ3) is 3.06.